The molecule has 78 heavy (non-hydrogen) atoms. The molecule has 0 fully saturated rings. The van der Waals surface area contributed by atoms with Gasteiger partial charge < -0.3 is 20.1 Å². The molecule has 2 unspecified atom stereocenters. The Morgan fingerprint density at radius 2 is 0.705 bits per heavy atom. The van der Waals surface area contributed by atoms with E-state index in [-0.39, 0.29) is 38.6 Å². The molecular weight excluding hydrogens is 990 g/mol. The Kier molecular flexibility index (Phi) is 62.5. The summed E-state index contributed by atoms with van der Waals surface area (Å²) in [5.74, 6) is -0.806. The van der Waals surface area contributed by atoms with Gasteiger partial charge in [0.1, 0.15) is 6.61 Å². The van der Waals surface area contributed by atoms with Crippen molar-refractivity contribution in [3.05, 3.63) is 48.6 Å². The molecule has 3 N–H and O–H groups in total. The third-order valence-corrected chi connectivity index (χ3v) is 16.0. The lowest BCUT2D eigenvalue weighted by molar-refractivity contribution is -0.161. The highest BCUT2D eigenvalue weighted by molar-refractivity contribution is 7.47. The maximum absolute atomic E-state index is 12.7. The third kappa shape index (κ3) is 63.2. The first-order chi connectivity index (χ1) is 38.3. The molecule has 0 aromatic carbocycles. The van der Waals surface area contributed by atoms with Crippen LogP contribution < -0.4 is 5.73 Å². The summed E-state index contributed by atoms with van der Waals surface area (Å²) >= 11 is 0. The van der Waals surface area contributed by atoms with E-state index in [4.69, 9.17) is 24.3 Å². The van der Waals surface area contributed by atoms with E-state index in [0.717, 1.165) is 57.8 Å². The molecule has 0 aliphatic carbocycles. The fraction of sp³-hybridized carbons (Fsp3) is 0.853. The number of hydrogen-bond acceptors (Lipinski definition) is 8. The fourth-order valence-electron chi connectivity index (χ4n) is 10.0. The zero-order valence-corrected chi connectivity index (χ0v) is 52.3. The molecule has 0 heterocycles. The van der Waals surface area contributed by atoms with Crippen LogP contribution in [0.3, 0.4) is 0 Å². The molecular formula is C68H128NO8P. The van der Waals surface area contributed by atoms with E-state index < -0.39 is 26.5 Å². The van der Waals surface area contributed by atoms with Gasteiger partial charge in [-0.1, -0.05) is 326 Å². The predicted octanol–water partition coefficient (Wildman–Crippen LogP) is 21.7. The minimum absolute atomic E-state index is 0.0566. The first-order valence-electron chi connectivity index (χ1n) is 33.6. The summed E-state index contributed by atoms with van der Waals surface area (Å²) < 4.78 is 33.1. The van der Waals surface area contributed by atoms with Crippen LogP contribution in [0.25, 0.3) is 0 Å². The molecule has 458 valence electrons. The van der Waals surface area contributed by atoms with Gasteiger partial charge in [0, 0.05) is 19.4 Å². The van der Waals surface area contributed by atoms with Crippen LogP contribution in [0.1, 0.15) is 341 Å². The van der Waals surface area contributed by atoms with Gasteiger partial charge in [0.25, 0.3) is 0 Å². The first kappa shape index (κ1) is 76.0. The van der Waals surface area contributed by atoms with Crippen molar-refractivity contribution in [1.82, 2.24) is 0 Å². The van der Waals surface area contributed by atoms with Crippen molar-refractivity contribution in [3.8, 4) is 0 Å². The van der Waals surface area contributed by atoms with Crippen molar-refractivity contribution in [2.24, 2.45) is 5.73 Å². The van der Waals surface area contributed by atoms with E-state index in [2.05, 4.69) is 62.5 Å². The minimum atomic E-state index is -4.38. The zero-order chi connectivity index (χ0) is 56.6. The van der Waals surface area contributed by atoms with Crippen molar-refractivity contribution in [3.63, 3.8) is 0 Å². The lowest BCUT2D eigenvalue weighted by Gasteiger charge is -2.19. The number of esters is 2. The van der Waals surface area contributed by atoms with Crippen LogP contribution in [-0.2, 0) is 32.7 Å². The Hall–Kier alpha value is -2.03. The summed E-state index contributed by atoms with van der Waals surface area (Å²) in [6.07, 6.45) is 80.8. The van der Waals surface area contributed by atoms with Crippen LogP contribution in [0.4, 0.5) is 0 Å². The summed E-state index contributed by atoms with van der Waals surface area (Å²) in [5, 5.41) is 0. The number of ether oxygens (including phenoxy) is 2. The molecule has 0 amide bonds. The summed E-state index contributed by atoms with van der Waals surface area (Å²) in [5.41, 5.74) is 5.39. The predicted molar refractivity (Wildman–Crippen MR) is 335 cm³/mol. The Morgan fingerprint density at radius 3 is 1.05 bits per heavy atom. The van der Waals surface area contributed by atoms with Gasteiger partial charge >= 0.3 is 19.8 Å². The molecule has 2 atom stereocenters. The van der Waals surface area contributed by atoms with Crippen LogP contribution >= 0.6 is 7.82 Å². The van der Waals surface area contributed by atoms with E-state index in [9.17, 15) is 19.0 Å². The SMILES string of the molecule is CC/C=C\C/C=C\C/C=C\C/C=C\CCCCCCCCCCCCCCCCCCCCCCCCCCCCCCC(=O)OC(COC(=O)CCCCCCCCCCCCCCCCCC)COP(=O)(O)OCCN. The number of phosphoric acid groups is 1. The average molecular weight is 1120 g/mol. The molecule has 10 heteroatoms. The minimum Gasteiger partial charge on any atom is -0.462 e. The topological polar surface area (TPSA) is 134 Å². The van der Waals surface area contributed by atoms with Gasteiger partial charge in [0.05, 0.1) is 13.2 Å². The molecule has 0 aliphatic heterocycles. The highest BCUT2D eigenvalue weighted by atomic mass is 31.2. The summed E-state index contributed by atoms with van der Waals surface area (Å²) in [6.45, 7) is 3.69. The molecule has 0 saturated carbocycles. The molecule has 0 radical (unpaired) electrons. The third-order valence-electron chi connectivity index (χ3n) is 15.0. The van der Waals surface area contributed by atoms with Gasteiger partial charge in [-0.2, -0.15) is 0 Å². The second-order valence-electron chi connectivity index (χ2n) is 22.7. The maximum atomic E-state index is 12.7. The Labute approximate surface area is 483 Å². The van der Waals surface area contributed by atoms with Gasteiger partial charge in [-0.05, 0) is 51.4 Å². The number of carbonyl (C=O) groups excluding carboxylic acids is 2. The normalized spacial score (nSPS) is 13.2. The van der Waals surface area contributed by atoms with E-state index in [1.54, 1.807) is 0 Å². The zero-order valence-electron chi connectivity index (χ0n) is 51.4. The van der Waals surface area contributed by atoms with Gasteiger partial charge in [-0.15, -0.1) is 0 Å². The Bertz CT molecular complexity index is 1420. The highest BCUT2D eigenvalue weighted by Gasteiger charge is 2.26. The standard InChI is InChI=1S/C68H128NO8P/c1-3-5-7-9-11-13-15-17-19-21-22-23-24-25-26-27-28-29-30-31-32-33-34-35-36-37-38-39-40-41-42-43-44-45-47-49-51-53-55-57-59-61-68(71)77-66(65-76-78(72,73)75-63-62-69)64-74-67(70)60-58-56-54-52-50-48-46-20-18-16-14-12-10-8-6-4-2/h5,7,11,13,17,19,22-23,66H,3-4,6,8-10,12,14-16,18,20-21,24-65,69H2,1-2H3,(H,72,73)/b7-5-,13-11-,19-17-,23-22-. The van der Waals surface area contributed by atoms with E-state index >= 15 is 0 Å². The van der Waals surface area contributed by atoms with Crippen LogP contribution in [-0.4, -0.2) is 49.3 Å². The van der Waals surface area contributed by atoms with Crippen molar-refractivity contribution in [2.75, 3.05) is 26.4 Å². The van der Waals surface area contributed by atoms with Gasteiger partial charge in [0.15, 0.2) is 6.10 Å². The van der Waals surface area contributed by atoms with Crippen LogP contribution in [0.15, 0.2) is 48.6 Å². The number of allylic oxidation sites excluding steroid dienone is 8. The Morgan fingerprint density at radius 1 is 0.397 bits per heavy atom. The summed E-state index contributed by atoms with van der Waals surface area (Å²) in [4.78, 5) is 35.2. The average Bonchev–Trinajstić information content (AvgIpc) is 3.43. The van der Waals surface area contributed by atoms with Gasteiger partial charge in [-0.3, -0.25) is 18.6 Å². The van der Waals surface area contributed by atoms with Crippen molar-refractivity contribution in [1.29, 1.82) is 0 Å². The number of nitrogens with two attached hydrogens (primary N) is 1. The monoisotopic (exact) mass is 1120 g/mol. The van der Waals surface area contributed by atoms with Gasteiger partial charge in [0.2, 0.25) is 0 Å². The van der Waals surface area contributed by atoms with Crippen molar-refractivity contribution in [2.45, 2.75) is 347 Å². The number of carbonyl (C=O) groups is 2. The first-order valence-corrected chi connectivity index (χ1v) is 35.1. The second kappa shape index (κ2) is 64.1. The highest BCUT2D eigenvalue weighted by Crippen LogP contribution is 2.43. The summed E-state index contributed by atoms with van der Waals surface area (Å²) in [6, 6.07) is 0. The van der Waals surface area contributed by atoms with E-state index in [0.29, 0.717) is 6.42 Å². The quantitative estimate of drug-likeness (QED) is 0.0264. The molecule has 0 aliphatic rings. The fourth-order valence-corrected chi connectivity index (χ4v) is 10.8. The second-order valence-corrected chi connectivity index (χ2v) is 24.1. The molecule has 0 saturated heterocycles. The molecule has 0 aromatic heterocycles. The Balaban J connectivity index is 3.72. The molecule has 9 nitrogen and oxygen atoms in total. The lowest BCUT2D eigenvalue weighted by atomic mass is 10.0. The molecule has 0 aromatic rings. The van der Waals surface area contributed by atoms with Crippen molar-refractivity contribution >= 4 is 19.8 Å². The molecule has 0 rings (SSSR count). The largest absolute Gasteiger partial charge is 0.472 e. The van der Waals surface area contributed by atoms with Crippen LogP contribution in [0.5, 0.6) is 0 Å². The van der Waals surface area contributed by atoms with E-state index in [1.807, 2.05) is 0 Å². The van der Waals surface area contributed by atoms with Crippen LogP contribution in [0, 0.1) is 0 Å². The maximum Gasteiger partial charge on any atom is 0.472 e. The lowest BCUT2D eigenvalue weighted by Crippen LogP contribution is -2.29. The number of hydrogen-bond donors (Lipinski definition) is 2. The number of unbranched alkanes of at least 4 members (excludes halogenated alkanes) is 43. The van der Waals surface area contributed by atoms with Gasteiger partial charge in [-0.25, -0.2) is 4.57 Å². The number of phosphoric ester groups is 1. The smallest absolute Gasteiger partial charge is 0.462 e. The number of rotatable bonds is 64. The van der Waals surface area contributed by atoms with Crippen LogP contribution in [0.2, 0.25) is 0 Å². The van der Waals surface area contributed by atoms with E-state index in [1.165, 1.54) is 250 Å². The van der Waals surface area contributed by atoms with Crippen molar-refractivity contribution < 1.29 is 37.6 Å². The molecule has 0 bridgehead atoms. The summed E-state index contributed by atoms with van der Waals surface area (Å²) in [7, 11) is -4.38. The molecule has 0 spiro atoms.